The molecule has 0 bridgehead atoms. The Bertz CT molecular complexity index is 443. The van der Waals surface area contributed by atoms with Gasteiger partial charge in [0.25, 0.3) is 0 Å². The van der Waals surface area contributed by atoms with Crippen LogP contribution in [0.1, 0.15) is 12.6 Å². The molecule has 0 saturated carbocycles. The Morgan fingerprint density at radius 3 is 2.77 bits per heavy atom. The molecule has 0 N–H and O–H groups in total. The van der Waals surface area contributed by atoms with Crippen molar-refractivity contribution in [3.63, 3.8) is 0 Å². The van der Waals surface area contributed by atoms with E-state index in [1.165, 1.54) is 11.8 Å². The third-order valence-electron chi connectivity index (χ3n) is 2.47. The van der Waals surface area contributed by atoms with Crippen molar-refractivity contribution in [2.24, 2.45) is 7.05 Å². The van der Waals surface area contributed by atoms with E-state index in [2.05, 4.69) is 13.0 Å². The predicted octanol–water partition coefficient (Wildman–Crippen LogP) is 2.88. The Kier molecular flexibility index (Phi) is 1.83. The molecule has 1 aromatic carbocycles. The molecule has 1 nitrogen and oxygen atoms in total. The molecule has 0 spiro atoms. The molecule has 0 atom stereocenters. The molecule has 0 radical (unpaired) electrons. The van der Waals surface area contributed by atoms with Crippen LogP contribution in [0.25, 0.3) is 10.9 Å². The highest BCUT2D eigenvalue weighted by atomic mass is 19.1. The summed E-state index contributed by atoms with van der Waals surface area (Å²) in [7, 11) is 1.97. The minimum absolute atomic E-state index is 0.170. The van der Waals surface area contributed by atoms with Crippen molar-refractivity contribution in [3.8, 4) is 0 Å². The molecule has 2 heteroatoms. The molecule has 2 aromatic rings. The molecule has 0 fully saturated rings. The Balaban J connectivity index is 2.77. The average Bonchev–Trinajstić information content (AvgIpc) is 2.44. The van der Waals surface area contributed by atoms with Crippen LogP contribution in [0.5, 0.6) is 0 Å². The van der Waals surface area contributed by atoms with Crippen molar-refractivity contribution in [1.82, 2.24) is 4.57 Å². The zero-order chi connectivity index (χ0) is 9.42. The van der Waals surface area contributed by atoms with Crippen molar-refractivity contribution >= 4 is 10.9 Å². The first-order valence-corrected chi connectivity index (χ1v) is 4.46. The summed E-state index contributed by atoms with van der Waals surface area (Å²) >= 11 is 0. The van der Waals surface area contributed by atoms with E-state index in [0.29, 0.717) is 0 Å². The highest BCUT2D eigenvalue weighted by Gasteiger charge is 2.04. The third kappa shape index (κ3) is 1.22. The fourth-order valence-corrected chi connectivity index (χ4v) is 1.70. The lowest BCUT2D eigenvalue weighted by Gasteiger charge is -1.99. The van der Waals surface area contributed by atoms with Crippen LogP contribution in [0.4, 0.5) is 4.39 Å². The van der Waals surface area contributed by atoms with Crippen LogP contribution in [0.2, 0.25) is 0 Å². The van der Waals surface area contributed by atoms with Gasteiger partial charge in [-0.25, -0.2) is 4.39 Å². The summed E-state index contributed by atoms with van der Waals surface area (Å²) in [5.41, 5.74) is 2.21. The van der Waals surface area contributed by atoms with Crippen LogP contribution in [0.15, 0.2) is 24.3 Å². The van der Waals surface area contributed by atoms with Crippen molar-refractivity contribution in [2.45, 2.75) is 13.3 Å². The highest BCUT2D eigenvalue weighted by Crippen LogP contribution is 2.19. The first-order chi connectivity index (χ1) is 6.22. The largest absolute Gasteiger partial charge is 0.348 e. The van der Waals surface area contributed by atoms with Gasteiger partial charge in [0.2, 0.25) is 0 Å². The third-order valence-corrected chi connectivity index (χ3v) is 2.47. The Hall–Kier alpha value is -1.31. The predicted molar refractivity (Wildman–Crippen MR) is 52.3 cm³/mol. The monoisotopic (exact) mass is 177 g/mol. The van der Waals surface area contributed by atoms with Gasteiger partial charge in [0.1, 0.15) is 5.82 Å². The molecular weight excluding hydrogens is 165 g/mol. The molecule has 2 rings (SSSR count). The molecule has 0 aliphatic rings. The second-order valence-electron chi connectivity index (χ2n) is 3.25. The number of hydrogen-bond acceptors (Lipinski definition) is 0. The number of rotatable bonds is 1. The number of hydrogen-bond donors (Lipinski definition) is 0. The summed E-state index contributed by atoms with van der Waals surface area (Å²) in [6.07, 6.45) is 0.979. The lowest BCUT2D eigenvalue weighted by molar-refractivity contribution is 0.628. The Morgan fingerprint density at radius 1 is 1.31 bits per heavy atom. The van der Waals surface area contributed by atoms with E-state index in [1.54, 1.807) is 6.07 Å². The van der Waals surface area contributed by atoms with Crippen molar-refractivity contribution in [3.05, 3.63) is 35.8 Å². The average molecular weight is 177 g/mol. The number of benzene rings is 1. The van der Waals surface area contributed by atoms with Gasteiger partial charge in [-0.05, 0) is 30.7 Å². The summed E-state index contributed by atoms with van der Waals surface area (Å²) in [5.74, 6) is -0.170. The van der Waals surface area contributed by atoms with E-state index in [0.717, 1.165) is 17.3 Å². The molecule has 13 heavy (non-hydrogen) atoms. The standard InChI is InChI=1S/C11H12FN/c1-3-10-6-8-4-5-9(12)7-11(8)13(10)2/h4-7H,3H2,1-2H3. The Morgan fingerprint density at radius 2 is 2.08 bits per heavy atom. The zero-order valence-electron chi connectivity index (χ0n) is 7.84. The molecule has 1 heterocycles. The minimum Gasteiger partial charge on any atom is -0.348 e. The fourth-order valence-electron chi connectivity index (χ4n) is 1.70. The highest BCUT2D eigenvalue weighted by molar-refractivity contribution is 5.81. The quantitative estimate of drug-likeness (QED) is 0.631. The molecule has 0 aliphatic carbocycles. The lowest BCUT2D eigenvalue weighted by atomic mass is 10.2. The van der Waals surface area contributed by atoms with Crippen molar-refractivity contribution in [1.29, 1.82) is 0 Å². The summed E-state index contributed by atoms with van der Waals surface area (Å²) < 4.78 is 15.0. The number of fused-ring (bicyclic) bond motifs is 1. The second-order valence-corrected chi connectivity index (χ2v) is 3.25. The van der Waals surface area contributed by atoms with Gasteiger partial charge in [-0.1, -0.05) is 6.92 Å². The number of aryl methyl sites for hydroxylation is 2. The van der Waals surface area contributed by atoms with E-state index in [-0.39, 0.29) is 5.82 Å². The maximum absolute atomic E-state index is 12.9. The molecule has 68 valence electrons. The normalized spacial score (nSPS) is 11.0. The topological polar surface area (TPSA) is 4.93 Å². The molecule has 1 aromatic heterocycles. The number of halogens is 1. The van der Waals surface area contributed by atoms with Crippen LogP contribution in [-0.2, 0) is 13.5 Å². The van der Waals surface area contributed by atoms with E-state index < -0.39 is 0 Å². The number of nitrogens with zero attached hydrogens (tertiary/aromatic N) is 1. The van der Waals surface area contributed by atoms with Gasteiger partial charge in [-0.15, -0.1) is 0 Å². The summed E-state index contributed by atoms with van der Waals surface area (Å²) in [6, 6.07) is 7.01. The van der Waals surface area contributed by atoms with Gasteiger partial charge in [0.05, 0.1) is 5.52 Å². The van der Waals surface area contributed by atoms with E-state index in [9.17, 15) is 4.39 Å². The maximum Gasteiger partial charge on any atom is 0.125 e. The summed E-state index contributed by atoms with van der Waals surface area (Å²) in [5, 5.41) is 1.11. The van der Waals surface area contributed by atoms with E-state index >= 15 is 0 Å². The second kappa shape index (κ2) is 2.87. The molecule has 0 unspecified atom stereocenters. The molecule has 0 amide bonds. The SMILES string of the molecule is CCc1cc2ccc(F)cc2n1C. The van der Waals surface area contributed by atoms with Crippen molar-refractivity contribution in [2.75, 3.05) is 0 Å². The summed E-state index contributed by atoms with van der Waals surface area (Å²) in [6.45, 7) is 2.10. The summed E-state index contributed by atoms with van der Waals surface area (Å²) in [4.78, 5) is 0. The van der Waals surface area contributed by atoms with Crippen LogP contribution < -0.4 is 0 Å². The van der Waals surface area contributed by atoms with Gasteiger partial charge in [-0.3, -0.25) is 0 Å². The fraction of sp³-hybridized carbons (Fsp3) is 0.273. The number of aromatic nitrogens is 1. The smallest absolute Gasteiger partial charge is 0.125 e. The maximum atomic E-state index is 12.9. The van der Waals surface area contributed by atoms with Crippen LogP contribution in [0, 0.1) is 5.82 Å². The molecular formula is C11H12FN. The van der Waals surface area contributed by atoms with E-state index in [1.807, 2.05) is 17.7 Å². The molecule has 0 saturated heterocycles. The van der Waals surface area contributed by atoms with E-state index in [4.69, 9.17) is 0 Å². The van der Waals surface area contributed by atoms with Crippen molar-refractivity contribution < 1.29 is 4.39 Å². The van der Waals surface area contributed by atoms with Gasteiger partial charge < -0.3 is 4.57 Å². The van der Waals surface area contributed by atoms with Crippen LogP contribution >= 0.6 is 0 Å². The lowest BCUT2D eigenvalue weighted by Crippen LogP contribution is -1.93. The zero-order valence-corrected chi connectivity index (χ0v) is 7.84. The van der Waals surface area contributed by atoms with Gasteiger partial charge in [0.15, 0.2) is 0 Å². The first kappa shape index (κ1) is 8.30. The van der Waals surface area contributed by atoms with Crippen LogP contribution in [-0.4, -0.2) is 4.57 Å². The van der Waals surface area contributed by atoms with Gasteiger partial charge >= 0.3 is 0 Å². The van der Waals surface area contributed by atoms with Gasteiger partial charge in [0, 0.05) is 18.1 Å². The molecule has 0 aliphatic heterocycles. The van der Waals surface area contributed by atoms with Gasteiger partial charge in [-0.2, -0.15) is 0 Å². The first-order valence-electron chi connectivity index (χ1n) is 4.46. The van der Waals surface area contributed by atoms with Crippen LogP contribution in [0.3, 0.4) is 0 Å². The minimum atomic E-state index is -0.170. The Labute approximate surface area is 76.8 Å².